The van der Waals surface area contributed by atoms with Crippen LogP contribution in [0.4, 0.5) is 0 Å². The molecule has 6 heteroatoms. The molecular weight excluding hydrogens is 276 g/mol. The lowest BCUT2D eigenvalue weighted by Crippen LogP contribution is -2.35. The molecule has 0 aliphatic carbocycles. The molecule has 0 amide bonds. The molecule has 0 aromatic carbocycles. The van der Waals surface area contributed by atoms with E-state index in [2.05, 4.69) is 37.2 Å². The van der Waals surface area contributed by atoms with Crippen molar-refractivity contribution in [2.24, 2.45) is 0 Å². The van der Waals surface area contributed by atoms with E-state index in [1.54, 1.807) is 18.6 Å². The van der Waals surface area contributed by atoms with Crippen LogP contribution in [-0.4, -0.2) is 37.5 Å². The molecule has 0 saturated carbocycles. The second-order valence-corrected chi connectivity index (χ2v) is 5.88. The van der Waals surface area contributed by atoms with E-state index in [-0.39, 0.29) is 0 Å². The maximum Gasteiger partial charge on any atom is 0.109 e. The Morgan fingerprint density at radius 3 is 2.86 bits per heavy atom. The number of hydrogen-bond acceptors (Lipinski definition) is 5. The molecule has 2 unspecified atom stereocenters. The first-order valence-corrected chi connectivity index (χ1v) is 7.65. The molecule has 1 aromatic heterocycles. The monoisotopic (exact) mass is 294 g/mol. The Hall–Kier alpha value is -2.34. The number of aromatic amines is 1. The minimum Gasteiger partial charge on any atom is -0.342 e. The summed E-state index contributed by atoms with van der Waals surface area (Å²) in [5.74, 6) is 1.54. The molecule has 22 heavy (non-hydrogen) atoms. The van der Waals surface area contributed by atoms with Gasteiger partial charge in [0.2, 0.25) is 0 Å². The third kappa shape index (κ3) is 2.46. The van der Waals surface area contributed by atoms with E-state index in [1.165, 1.54) is 0 Å². The van der Waals surface area contributed by atoms with E-state index < -0.39 is 0 Å². The summed E-state index contributed by atoms with van der Waals surface area (Å²) in [7, 11) is 0. The average Bonchev–Trinajstić information content (AvgIpc) is 2.99. The summed E-state index contributed by atoms with van der Waals surface area (Å²) in [5.41, 5.74) is 3.49. The number of H-pyrrole nitrogens is 1. The highest BCUT2D eigenvalue weighted by Crippen LogP contribution is 2.29. The van der Waals surface area contributed by atoms with Gasteiger partial charge in [0, 0.05) is 24.4 Å². The number of nitrogens with zero attached hydrogens (tertiary/aromatic N) is 4. The molecule has 4 heterocycles. The molecule has 1 fully saturated rings. The quantitative estimate of drug-likeness (QED) is 0.757. The lowest BCUT2D eigenvalue weighted by Gasteiger charge is -2.27. The van der Waals surface area contributed by atoms with Crippen molar-refractivity contribution in [1.82, 2.24) is 30.2 Å². The van der Waals surface area contributed by atoms with Gasteiger partial charge in [-0.05, 0) is 32.4 Å². The third-order valence-electron chi connectivity index (χ3n) is 4.22. The zero-order chi connectivity index (χ0) is 14.9. The Morgan fingerprint density at radius 1 is 1.09 bits per heavy atom. The van der Waals surface area contributed by atoms with Crippen LogP contribution >= 0.6 is 0 Å². The fraction of sp³-hybridized carbons (Fsp3) is 0.375. The Balaban J connectivity index is 1.68. The van der Waals surface area contributed by atoms with Gasteiger partial charge in [0.15, 0.2) is 0 Å². The van der Waals surface area contributed by atoms with Crippen molar-refractivity contribution in [1.29, 1.82) is 0 Å². The molecule has 112 valence electrons. The number of piperidine rings is 1. The summed E-state index contributed by atoms with van der Waals surface area (Å²) in [5, 5.41) is 3.48. The molecule has 0 radical (unpaired) electrons. The second-order valence-electron chi connectivity index (χ2n) is 5.88. The van der Waals surface area contributed by atoms with E-state index in [4.69, 9.17) is 0 Å². The first-order chi connectivity index (χ1) is 10.8. The molecule has 0 bridgehead atoms. The molecule has 3 aliphatic heterocycles. The maximum atomic E-state index is 4.59. The van der Waals surface area contributed by atoms with Crippen LogP contribution in [0.5, 0.6) is 0 Å². The van der Waals surface area contributed by atoms with E-state index >= 15 is 0 Å². The van der Waals surface area contributed by atoms with Crippen molar-refractivity contribution in [2.45, 2.75) is 31.7 Å². The van der Waals surface area contributed by atoms with Crippen molar-refractivity contribution >= 4 is 0 Å². The average molecular weight is 294 g/mol. The van der Waals surface area contributed by atoms with Gasteiger partial charge in [0.1, 0.15) is 17.2 Å². The minimum absolute atomic E-state index is 0.482. The summed E-state index contributed by atoms with van der Waals surface area (Å²) in [4.78, 5) is 21.0. The van der Waals surface area contributed by atoms with Gasteiger partial charge >= 0.3 is 0 Å². The van der Waals surface area contributed by atoms with Gasteiger partial charge < -0.3 is 10.3 Å². The Kier molecular flexibility index (Phi) is 3.31. The Bertz CT molecular complexity index is 738. The highest BCUT2D eigenvalue weighted by Gasteiger charge is 2.23. The van der Waals surface area contributed by atoms with Crippen LogP contribution in [0.2, 0.25) is 0 Å². The van der Waals surface area contributed by atoms with E-state index in [0.717, 1.165) is 48.0 Å². The molecular formula is C16H18N6. The van der Waals surface area contributed by atoms with Crippen LogP contribution in [0.1, 0.15) is 31.5 Å². The van der Waals surface area contributed by atoms with Crippen molar-refractivity contribution in [2.75, 3.05) is 6.54 Å². The fourth-order valence-electron chi connectivity index (χ4n) is 3.08. The normalized spacial score (nSPS) is 22.0. The lowest BCUT2D eigenvalue weighted by molar-refractivity contribution is 0.371. The van der Waals surface area contributed by atoms with Crippen LogP contribution in [0, 0.1) is 0 Å². The lowest BCUT2D eigenvalue weighted by atomic mass is 9.92. The molecule has 1 aromatic rings. The highest BCUT2D eigenvalue weighted by molar-refractivity contribution is 5.68. The maximum absolute atomic E-state index is 4.59. The van der Waals surface area contributed by atoms with E-state index in [0.29, 0.717) is 12.0 Å². The molecule has 0 spiro atoms. The van der Waals surface area contributed by atoms with Crippen molar-refractivity contribution in [3.8, 4) is 22.8 Å². The highest BCUT2D eigenvalue weighted by atomic mass is 15.0. The molecule has 2 N–H and O–H groups in total. The topological polar surface area (TPSA) is 79.4 Å². The van der Waals surface area contributed by atoms with Crippen LogP contribution < -0.4 is 5.32 Å². The predicted octanol–water partition coefficient (Wildman–Crippen LogP) is 2.22. The third-order valence-corrected chi connectivity index (χ3v) is 4.22. The van der Waals surface area contributed by atoms with Crippen LogP contribution in [0.15, 0.2) is 30.9 Å². The van der Waals surface area contributed by atoms with Crippen LogP contribution in [-0.2, 0) is 0 Å². The fourth-order valence-corrected chi connectivity index (χ4v) is 3.08. The van der Waals surface area contributed by atoms with Crippen LogP contribution in [0.3, 0.4) is 0 Å². The number of hydrogen-bond donors (Lipinski definition) is 2. The summed E-state index contributed by atoms with van der Waals surface area (Å²) in [6.07, 6.45) is 9.15. The zero-order valence-corrected chi connectivity index (χ0v) is 12.5. The first-order valence-electron chi connectivity index (χ1n) is 7.65. The number of nitrogens with one attached hydrogen (secondary N) is 2. The minimum atomic E-state index is 0.482. The number of rotatable bonds is 2. The van der Waals surface area contributed by atoms with Crippen molar-refractivity contribution < 1.29 is 0 Å². The summed E-state index contributed by atoms with van der Waals surface area (Å²) in [6, 6.07) is 2.56. The van der Waals surface area contributed by atoms with E-state index in [1.807, 2.05) is 12.3 Å². The van der Waals surface area contributed by atoms with Gasteiger partial charge in [0.05, 0.1) is 23.8 Å². The van der Waals surface area contributed by atoms with Gasteiger partial charge in [-0.1, -0.05) is 0 Å². The number of aromatic nitrogens is 5. The molecule has 6 nitrogen and oxygen atoms in total. The van der Waals surface area contributed by atoms with Gasteiger partial charge in [-0.3, -0.25) is 9.97 Å². The second kappa shape index (κ2) is 5.46. The largest absolute Gasteiger partial charge is 0.342 e. The molecule has 2 atom stereocenters. The summed E-state index contributed by atoms with van der Waals surface area (Å²) >= 11 is 0. The summed E-state index contributed by atoms with van der Waals surface area (Å²) < 4.78 is 0. The standard InChI is InChI=1S/C16H18N6/c1-10-6-11(2-3-18-10)16-20-9-15-13(22-16)7-12(21-15)14-8-17-4-5-19-14/h4-5,7-11,18H,2-3,6H2,1H3,(H,20,22). The zero-order valence-electron chi connectivity index (χ0n) is 12.5. The van der Waals surface area contributed by atoms with Crippen LogP contribution in [0.25, 0.3) is 22.8 Å². The van der Waals surface area contributed by atoms with E-state index in [9.17, 15) is 0 Å². The van der Waals surface area contributed by atoms with Crippen molar-refractivity contribution in [3.05, 3.63) is 36.7 Å². The predicted molar refractivity (Wildman–Crippen MR) is 83.5 cm³/mol. The van der Waals surface area contributed by atoms with Gasteiger partial charge in [0.25, 0.3) is 0 Å². The Morgan fingerprint density at radius 2 is 2.05 bits per heavy atom. The molecule has 3 aliphatic rings. The molecule has 1 saturated heterocycles. The summed E-state index contributed by atoms with van der Waals surface area (Å²) in [6.45, 7) is 3.27. The van der Waals surface area contributed by atoms with Gasteiger partial charge in [-0.2, -0.15) is 0 Å². The van der Waals surface area contributed by atoms with Gasteiger partial charge in [-0.15, -0.1) is 0 Å². The van der Waals surface area contributed by atoms with Crippen molar-refractivity contribution in [3.63, 3.8) is 0 Å². The first kappa shape index (κ1) is 13.3. The SMILES string of the molecule is CC1CC(c2ncc3nc(-c4cnccn4)cc-3[nH]2)CCN1. The Labute approximate surface area is 128 Å². The van der Waals surface area contributed by atoms with Gasteiger partial charge in [-0.25, -0.2) is 9.97 Å². The molecule has 4 rings (SSSR count). The smallest absolute Gasteiger partial charge is 0.109 e. The number of fused-ring (bicyclic) bond motifs is 1.